The van der Waals surface area contributed by atoms with Gasteiger partial charge in [-0.2, -0.15) is 0 Å². The summed E-state index contributed by atoms with van der Waals surface area (Å²) in [7, 11) is 1.72. The lowest BCUT2D eigenvalue weighted by Gasteiger charge is -2.24. The van der Waals surface area contributed by atoms with Crippen LogP contribution in [-0.2, 0) is 0 Å². The van der Waals surface area contributed by atoms with E-state index in [-0.39, 0.29) is 12.1 Å². The van der Waals surface area contributed by atoms with E-state index in [2.05, 4.69) is 36.3 Å². The predicted octanol–water partition coefficient (Wildman–Crippen LogP) is 3.89. The van der Waals surface area contributed by atoms with E-state index in [0.29, 0.717) is 0 Å². The molecule has 3 nitrogen and oxygen atoms in total. The maximum atomic E-state index is 5.47. The maximum Gasteiger partial charge on any atom is 0.123 e. The van der Waals surface area contributed by atoms with E-state index in [1.807, 2.05) is 36.7 Å². The lowest BCUT2D eigenvalue weighted by atomic mass is 10.0. The molecule has 0 saturated carbocycles. The minimum atomic E-state index is 0.271. The van der Waals surface area contributed by atoms with Crippen LogP contribution in [0.15, 0.2) is 48.8 Å². The Morgan fingerprint density at radius 3 is 2.50 bits per heavy atom. The Kier molecular flexibility index (Phi) is 5.13. The van der Waals surface area contributed by atoms with Crippen LogP contribution in [0.4, 0.5) is 0 Å². The van der Waals surface area contributed by atoms with Crippen LogP contribution in [0.1, 0.15) is 43.5 Å². The van der Waals surface area contributed by atoms with E-state index in [1.54, 1.807) is 7.11 Å². The molecule has 0 amide bonds. The average Bonchev–Trinajstić information content (AvgIpc) is 2.53. The Hall–Kier alpha value is -1.87. The number of pyridine rings is 1. The molecule has 0 fully saturated rings. The molecule has 2 atom stereocenters. The van der Waals surface area contributed by atoms with E-state index in [0.717, 1.165) is 12.2 Å². The molecule has 2 unspecified atom stereocenters. The molecule has 0 aliphatic carbocycles. The zero-order chi connectivity index (χ0) is 14.4. The number of ether oxygens (including phenoxy) is 1. The second kappa shape index (κ2) is 7.06. The first-order chi connectivity index (χ1) is 9.76. The van der Waals surface area contributed by atoms with Gasteiger partial charge in [0.2, 0.25) is 0 Å². The van der Waals surface area contributed by atoms with Crippen molar-refractivity contribution < 1.29 is 4.74 Å². The minimum absolute atomic E-state index is 0.271. The number of hydrogen-bond donors (Lipinski definition) is 1. The molecular formula is C17H22N2O. The summed E-state index contributed by atoms with van der Waals surface area (Å²) in [6.45, 7) is 4.36. The molecule has 106 valence electrons. The highest BCUT2D eigenvalue weighted by atomic mass is 16.5. The van der Waals surface area contributed by atoms with E-state index in [9.17, 15) is 0 Å². The fourth-order valence-corrected chi connectivity index (χ4v) is 2.43. The first kappa shape index (κ1) is 14.5. The predicted molar refractivity (Wildman–Crippen MR) is 81.8 cm³/mol. The topological polar surface area (TPSA) is 34.2 Å². The van der Waals surface area contributed by atoms with Crippen molar-refractivity contribution in [1.29, 1.82) is 0 Å². The molecule has 2 aromatic rings. The van der Waals surface area contributed by atoms with Crippen LogP contribution in [0, 0.1) is 0 Å². The largest absolute Gasteiger partial charge is 0.496 e. The van der Waals surface area contributed by atoms with E-state index >= 15 is 0 Å². The molecule has 1 N–H and O–H groups in total. The molecule has 0 aliphatic heterocycles. The monoisotopic (exact) mass is 270 g/mol. The third kappa shape index (κ3) is 3.36. The van der Waals surface area contributed by atoms with E-state index < -0.39 is 0 Å². The second-order valence-electron chi connectivity index (χ2n) is 4.87. The van der Waals surface area contributed by atoms with Gasteiger partial charge in [0.1, 0.15) is 5.75 Å². The molecule has 3 heteroatoms. The van der Waals surface area contributed by atoms with E-state index in [1.165, 1.54) is 11.1 Å². The number of nitrogens with zero attached hydrogens (tertiary/aromatic N) is 1. The van der Waals surface area contributed by atoms with Crippen LogP contribution in [-0.4, -0.2) is 12.1 Å². The van der Waals surface area contributed by atoms with Crippen molar-refractivity contribution in [3.05, 3.63) is 59.9 Å². The lowest BCUT2D eigenvalue weighted by Crippen LogP contribution is -2.24. The number of aromatic nitrogens is 1. The van der Waals surface area contributed by atoms with Crippen molar-refractivity contribution in [2.45, 2.75) is 32.4 Å². The molecule has 20 heavy (non-hydrogen) atoms. The zero-order valence-electron chi connectivity index (χ0n) is 12.3. The number of hydrogen-bond acceptors (Lipinski definition) is 3. The van der Waals surface area contributed by atoms with Crippen molar-refractivity contribution in [2.75, 3.05) is 7.11 Å². The summed E-state index contributed by atoms with van der Waals surface area (Å²) in [6, 6.07) is 12.8. The molecule has 0 saturated heterocycles. The highest BCUT2D eigenvalue weighted by molar-refractivity contribution is 5.36. The molecule has 0 spiro atoms. The zero-order valence-corrected chi connectivity index (χ0v) is 12.3. The first-order valence-electron chi connectivity index (χ1n) is 7.05. The van der Waals surface area contributed by atoms with Gasteiger partial charge in [0, 0.05) is 30.0 Å². The van der Waals surface area contributed by atoms with Crippen molar-refractivity contribution in [1.82, 2.24) is 10.3 Å². The number of benzene rings is 1. The molecular weight excluding hydrogens is 248 g/mol. The number of nitrogens with one attached hydrogen (secondary N) is 1. The number of rotatable bonds is 6. The van der Waals surface area contributed by atoms with Crippen molar-refractivity contribution in [2.24, 2.45) is 0 Å². The van der Waals surface area contributed by atoms with Crippen molar-refractivity contribution >= 4 is 0 Å². The summed E-state index contributed by atoms with van der Waals surface area (Å²) in [4.78, 5) is 4.06. The van der Waals surface area contributed by atoms with Crippen LogP contribution in [0.5, 0.6) is 5.75 Å². The van der Waals surface area contributed by atoms with Gasteiger partial charge >= 0.3 is 0 Å². The molecule has 1 heterocycles. The fraction of sp³-hybridized carbons (Fsp3) is 0.353. The van der Waals surface area contributed by atoms with Gasteiger partial charge in [-0.05, 0) is 37.1 Å². The van der Waals surface area contributed by atoms with Crippen LogP contribution in [0.2, 0.25) is 0 Å². The van der Waals surface area contributed by atoms with Crippen LogP contribution in [0.3, 0.4) is 0 Å². The average molecular weight is 270 g/mol. The molecule has 0 aliphatic rings. The van der Waals surface area contributed by atoms with Crippen molar-refractivity contribution in [3.8, 4) is 5.75 Å². The molecule has 0 radical (unpaired) electrons. The Bertz CT molecular complexity index is 528. The van der Waals surface area contributed by atoms with Gasteiger partial charge in [-0.1, -0.05) is 25.1 Å². The Morgan fingerprint density at radius 1 is 1.15 bits per heavy atom. The molecule has 1 aromatic carbocycles. The normalized spacial score (nSPS) is 13.8. The summed E-state index contributed by atoms with van der Waals surface area (Å²) in [6.07, 6.45) is 4.67. The van der Waals surface area contributed by atoms with Gasteiger partial charge in [0.25, 0.3) is 0 Å². The summed E-state index contributed by atoms with van der Waals surface area (Å²) in [5, 5.41) is 3.67. The van der Waals surface area contributed by atoms with Crippen LogP contribution < -0.4 is 10.1 Å². The smallest absolute Gasteiger partial charge is 0.123 e. The Labute approximate surface area is 121 Å². The molecule has 0 bridgehead atoms. The molecule has 1 aromatic heterocycles. The first-order valence-corrected chi connectivity index (χ1v) is 7.05. The minimum Gasteiger partial charge on any atom is -0.496 e. The van der Waals surface area contributed by atoms with Crippen molar-refractivity contribution in [3.63, 3.8) is 0 Å². The highest BCUT2D eigenvalue weighted by Gasteiger charge is 2.16. The number of methoxy groups -OCH3 is 1. The maximum absolute atomic E-state index is 5.47. The van der Waals surface area contributed by atoms with Gasteiger partial charge < -0.3 is 10.1 Å². The van der Waals surface area contributed by atoms with Gasteiger partial charge in [0.15, 0.2) is 0 Å². The number of para-hydroxylation sites is 1. The summed E-state index contributed by atoms with van der Waals surface area (Å²) < 4.78 is 5.47. The summed E-state index contributed by atoms with van der Waals surface area (Å²) in [5.74, 6) is 0.939. The van der Waals surface area contributed by atoms with Gasteiger partial charge in [-0.25, -0.2) is 0 Å². The summed E-state index contributed by atoms with van der Waals surface area (Å²) >= 11 is 0. The fourth-order valence-electron chi connectivity index (χ4n) is 2.43. The quantitative estimate of drug-likeness (QED) is 0.864. The lowest BCUT2D eigenvalue weighted by molar-refractivity contribution is 0.388. The highest BCUT2D eigenvalue weighted by Crippen LogP contribution is 2.29. The Balaban J connectivity index is 2.17. The third-order valence-electron chi connectivity index (χ3n) is 3.58. The molecule has 2 rings (SSSR count). The third-order valence-corrected chi connectivity index (χ3v) is 3.58. The summed E-state index contributed by atoms with van der Waals surface area (Å²) in [5.41, 5.74) is 2.45. The van der Waals surface area contributed by atoms with Gasteiger partial charge in [0.05, 0.1) is 7.11 Å². The van der Waals surface area contributed by atoms with Crippen LogP contribution in [0.25, 0.3) is 0 Å². The second-order valence-corrected chi connectivity index (χ2v) is 4.87. The van der Waals surface area contributed by atoms with Crippen LogP contribution >= 0.6 is 0 Å². The Morgan fingerprint density at radius 2 is 1.85 bits per heavy atom. The van der Waals surface area contributed by atoms with Gasteiger partial charge in [-0.3, -0.25) is 4.98 Å². The SMILES string of the molecule is CCC(NC(C)c1ccncc1)c1ccccc1OC. The standard InChI is InChI=1S/C17H22N2O/c1-4-16(15-7-5-6-8-17(15)20-3)19-13(2)14-9-11-18-12-10-14/h5-13,16,19H,4H2,1-3H3. The van der Waals surface area contributed by atoms with E-state index in [4.69, 9.17) is 4.74 Å². The van der Waals surface area contributed by atoms with Gasteiger partial charge in [-0.15, -0.1) is 0 Å².